The second-order valence-corrected chi connectivity index (χ2v) is 6.03. The molecule has 0 amide bonds. The largest absolute Gasteiger partial charge is 0.396 e. The zero-order valence-electron chi connectivity index (χ0n) is 11.7. The normalized spacial score (nSPS) is 19.4. The van der Waals surface area contributed by atoms with Crippen LogP contribution in [-0.2, 0) is 6.54 Å². The van der Waals surface area contributed by atoms with Crippen molar-refractivity contribution >= 4 is 17.3 Å². The molecule has 1 heterocycles. The van der Waals surface area contributed by atoms with Gasteiger partial charge in [-0.25, -0.2) is 0 Å². The molecule has 19 heavy (non-hydrogen) atoms. The van der Waals surface area contributed by atoms with Gasteiger partial charge in [0.15, 0.2) is 0 Å². The number of benzene rings is 1. The van der Waals surface area contributed by atoms with Crippen molar-refractivity contribution in [3.8, 4) is 0 Å². The first-order valence-electron chi connectivity index (χ1n) is 6.97. The summed E-state index contributed by atoms with van der Waals surface area (Å²) in [5, 5.41) is 13.5. The minimum Gasteiger partial charge on any atom is -0.396 e. The van der Waals surface area contributed by atoms with E-state index in [2.05, 4.69) is 30.1 Å². The van der Waals surface area contributed by atoms with Crippen LogP contribution < -0.4 is 10.2 Å². The van der Waals surface area contributed by atoms with Crippen molar-refractivity contribution in [2.24, 2.45) is 5.92 Å². The number of halogens is 1. The summed E-state index contributed by atoms with van der Waals surface area (Å²) in [6, 6.07) is 6.54. The third kappa shape index (κ3) is 3.85. The van der Waals surface area contributed by atoms with Crippen LogP contribution in [0.25, 0.3) is 0 Å². The Hall–Kier alpha value is -0.770. The first kappa shape index (κ1) is 14.6. The Morgan fingerprint density at radius 1 is 1.47 bits per heavy atom. The average Bonchev–Trinajstić information content (AvgIpc) is 2.85. The van der Waals surface area contributed by atoms with Crippen LogP contribution in [0.2, 0.25) is 5.02 Å². The Morgan fingerprint density at radius 3 is 2.89 bits per heavy atom. The van der Waals surface area contributed by atoms with E-state index in [1.807, 2.05) is 12.1 Å². The molecule has 1 atom stereocenters. The zero-order valence-corrected chi connectivity index (χ0v) is 12.5. The van der Waals surface area contributed by atoms with Crippen molar-refractivity contribution in [1.29, 1.82) is 0 Å². The molecule has 0 aromatic heterocycles. The van der Waals surface area contributed by atoms with Gasteiger partial charge < -0.3 is 15.3 Å². The van der Waals surface area contributed by atoms with E-state index in [-0.39, 0.29) is 6.61 Å². The molecule has 1 aromatic rings. The van der Waals surface area contributed by atoms with Gasteiger partial charge in [0, 0.05) is 48.9 Å². The Morgan fingerprint density at radius 2 is 2.26 bits per heavy atom. The quantitative estimate of drug-likeness (QED) is 0.872. The molecule has 1 saturated heterocycles. The molecule has 1 aliphatic rings. The molecule has 0 bridgehead atoms. The molecule has 2 rings (SSSR count). The molecule has 1 unspecified atom stereocenters. The van der Waals surface area contributed by atoms with Crippen molar-refractivity contribution < 1.29 is 5.11 Å². The van der Waals surface area contributed by atoms with Crippen molar-refractivity contribution in [3.05, 3.63) is 28.8 Å². The molecule has 1 aliphatic heterocycles. The minimum absolute atomic E-state index is 0.281. The molecule has 1 fully saturated rings. The lowest BCUT2D eigenvalue weighted by Gasteiger charge is -2.23. The van der Waals surface area contributed by atoms with E-state index in [0.717, 1.165) is 31.1 Å². The Labute approximate surface area is 120 Å². The van der Waals surface area contributed by atoms with Gasteiger partial charge in [-0.2, -0.15) is 0 Å². The smallest absolute Gasteiger partial charge is 0.0476 e. The summed E-state index contributed by atoms with van der Waals surface area (Å²) >= 11 is 6.11. The Bertz CT molecular complexity index is 423. The molecule has 0 aliphatic carbocycles. The first-order chi connectivity index (χ1) is 9.10. The number of hydrogen-bond acceptors (Lipinski definition) is 3. The van der Waals surface area contributed by atoms with Crippen molar-refractivity contribution in [1.82, 2.24) is 5.32 Å². The first-order valence-corrected chi connectivity index (χ1v) is 7.35. The number of aliphatic hydroxyl groups is 1. The van der Waals surface area contributed by atoms with Gasteiger partial charge in [0.05, 0.1) is 0 Å². The lowest BCUT2D eigenvalue weighted by Crippen LogP contribution is -2.26. The van der Waals surface area contributed by atoms with Gasteiger partial charge >= 0.3 is 0 Å². The molecule has 1 aromatic carbocycles. The van der Waals surface area contributed by atoms with E-state index < -0.39 is 0 Å². The number of rotatable bonds is 5. The summed E-state index contributed by atoms with van der Waals surface area (Å²) in [5.74, 6) is 0.404. The highest BCUT2D eigenvalue weighted by Gasteiger charge is 2.23. The van der Waals surface area contributed by atoms with E-state index in [1.165, 1.54) is 11.3 Å². The van der Waals surface area contributed by atoms with Gasteiger partial charge in [-0.05, 0) is 30.2 Å². The highest BCUT2D eigenvalue weighted by atomic mass is 35.5. The molecule has 3 nitrogen and oxygen atoms in total. The molecular weight excluding hydrogens is 260 g/mol. The van der Waals surface area contributed by atoms with E-state index >= 15 is 0 Å². The third-order valence-corrected chi connectivity index (χ3v) is 3.86. The van der Waals surface area contributed by atoms with Crippen LogP contribution in [-0.4, -0.2) is 30.8 Å². The molecule has 0 spiro atoms. The number of hydrogen-bond donors (Lipinski definition) is 2. The maximum Gasteiger partial charge on any atom is 0.0476 e. The monoisotopic (exact) mass is 282 g/mol. The highest BCUT2D eigenvalue weighted by Crippen LogP contribution is 2.29. The van der Waals surface area contributed by atoms with E-state index in [1.54, 1.807) is 0 Å². The molecule has 0 saturated carbocycles. The molecule has 0 radical (unpaired) electrons. The van der Waals surface area contributed by atoms with Crippen LogP contribution in [0.3, 0.4) is 0 Å². The summed E-state index contributed by atoms with van der Waals surface area (Å²) in [4.78, 5) is 2.36. The maximum atomic E-state index is 9.26. The zero-order chi connectivity index (χ0) is 13.8. The van der Waals surface area contributed by atoms with Gasteiger partial charge in [0.1, 0.15) is 0 Å². The van der Waals surface area contributed by atoms with Gasteiger partial charge in [-0.1, -0.05) is 25.4 Å². The predicted octanol–water partition coefficient (Wildman–Crippen LogP) is 2.66. The summed E-state index contributed by atoms with van der Waals surface area (Å²) in [5.41, 5.74) is 2.48. The number of nitrogens with zero attached hydrogens (tertiary/aromatic N) is 1. The molecule has 106 valence electrons. The predicted molar refractivity (Wildman–Crippen MR) is 80.8 cm³/mol. The van der Waals surface area contributed by atoms with Gasteiger partial charge in [0.25, 0.3) is 0 Å². The van der Waals surface area contributed by atoms with Crippen LogP contribution in [0.15, 0.2) is 18.2 Å². The van der Waals surface area contributed by atoms with Crippen molar-refractivity contribution in [3.63, 3.8) is 0 Å². The lowest BCUT2D eigenvalue weighted by atomic mass is 10.1. The fraction of sp³-hybridized carbons (Fsp3) is 0.600. The summed E-state index contributed by atoms with van der Waals surface area (Å²) in [7, 11) is 0. The van der Waals surface area contributed by atoms with Crippen molar-refractivity contribution in [2.75, 3.05) is 24.6 Å². The third-order valence-electron chi connectivity index (χ3n) is 3.63. The fourth-order valence-electron chi connectivity index (χ4n) is 2.52. The Kier molecular flexibility index (Phi) is 5.08. The highest BCUT2D eigenvalue weighted by molar-refractivity contribution is 6.30. The minimum atomic E-state index is 0.281. The van der Waals surface area contributed by atoms with Crippen molar-refractivity contribution in [2.45, 2.75) is 32.9 Å². The maximum absolute atomic E-state index is 9.26. The van der Waals surface area contributed by atoms with Gasteiger partial charge in [0.2, 0.25) is 0 Å². The van der Waals surface area contributed by atoms with Crippen LogP contribution in [0, 0.1) is 5.92 Å². The van der Waals surface area contributed by atoms with E-state index in [0.29, 0.717) is 12.0 Å². The SMILES string of the molecule is CC(C)NCc1cc(Cl)ccc1N1CCC(CO)C1. The summed E-state index contributed by atoms with van der Waals surface area (Å²) in [6.45, 7) is 7.34. The van der Waals surface area contributed by atoms with Crippen LogP contribution >= 0.6 is 11.6 Å². The summed E-state index contributed by atoms with van der Waals surface area (Å²) in [6.07, 6.45) is 1.07. The standard InChI is InChI=1S/C15H23ClN2O/c1-11(2)17-8-13-7-14(16)3-4-15(13)18-6-5-12(9-18)10-19/h3-4,7,11-12,17,19H,5-6,8-10H2,1-2H3. The number of nitrogens with one attached hydrogen (secondary N) is 1. The molecular formula is C15H23ClN2O. The van der Waals surface area contributed by atoms with Crippen LogP contribution in [0.4, 0.5) is 5.69 Å². The van der Waals surface area contributed by atoms with Gasteiger partial charge in [-0.3, -0.25) is 0 Å². The second-order valence-electron chi connectivity index (χ2n) is 5.59. The lowest BCUT2D eigenvalue weighted by molar-refractivity contribution is 0.238. The number of anilines is 1. The number of aliphatic hydroxyl groups excluding tert-OH is 1. The fourth-order valence-corrected chi connectivity index (χ4v) is 2.71. The molecule has 2 N–H and O–H groups in total. The molecule has 4 heteroatoms. The van der Waals surface area contributed by atoms with Gasteiger partial charge in [-0.15, -0.1) is 0 Å². The van der Waals surface area contributed by atoms with Crippen LogP contribution in [0.1, 0.15) is 25.8 Å². The summed E-state index contributed by atoms with van der Waals surface area (Å²) < 4.78 is 0. The average molecular weight is 283 g/mol. The Balaban J connectivity index is 2.14. The second kappa shape index (κ2) is 6.60. The van der Waals surface area contributed by atoms with E-state index in [9.17, 15) is 5.11 Å². The topological polar surface area (TPSA) is 35.5 Å². The van der Waals surface area contributed by atoms with Crippen LogP contribution in [0.5, 0.6) is 0 Å². The van der Waals surface area contributed by atoms with E-state index in [4.69, 9.17) is 11.6 Å².